The third-order valence-corrected chi connectivity index (χ3v) is 8.43. The number of carboxylic acid groups (broad SMARTS) is 1. The van der Waals surface area contributed by atoms with Gasteiger partial charge in [0, 0.05) is 42.5 Å². The molecule has 5 rings (SSSR count). The first-order valence-electron chi connectivity index (χ1n) is 16.1. The van der Waals surface area contributed by atoms with Crippen LogP contribution < -0.4 is 15.0 Å². The molecule has 0 bridgehead atoms. The smallest absolute Gasteiger partial charge is 0.337 e. The predicted molar refractivity (Wildman–Crippen MR) is 184 cm³/mol. The van der Waals surface area contributed by atoms with Gasteiger partial charge in [0.2, 0.25) is 0 Å². The molecule has 4 aromatic rings. The fourth-order valence-corrected chi connectivity index (χ4v) is 5.86. The molecule has 2 aromatic carbocycles. The SMILES string of the molecule is Cc1nc(Nc2cccnc2)c(-c2ccc(OCCc3ccc(F)cc3)cc2)c(N2CCC(C)(C)CC2)c1[C@H](OC(C)(C)C)C(=O)O. The predicted octanol–water partition coefficient (Wildman–Crippen LogP) is 8.52. The highest BCUT2D eigenvalue weighted by Crippen LogP contribution is 2.47. The van der Waals surface area contributed by atoms with Gasteiger partial charge in [0.25, 0.3) is 0 Å². The molecule has 1 aliphatic rings. The summed E-state index contributed by atoms with van der Waals surface area (Å²) in [4.78, 5) is 24.5. The van der Waals surface area contributed by atoms with Gasteiger partial charge in [-0.25, -0.2) is 14.2 Å². The number of carboxylic acids is 1. The molecule has 248 valence electrons. The Bertz CT molecular complexity index is 1660. The van der Waals surface area contributed by atoms with Gasteiger partial charge in [0.05, 0.1) is 29.8 Å². The van der Waals surface area contributed by atoms with E-state index in [1.807, 2.05) is 64.1 Å². The van der Waals surface area contributed by atoms with Crippen LogP contribution in [0.25, 0.3) is 11.1 Å². The van der Waals surface area contributed by atoms with Crippen molar-refractivity contribution in [3.63, 3.8) is 0 Å². The largest absolute Gasteiger partial charge is 0.493 e. The van der Waals surface area contributed by atoms with E-state index in [1.165, 1.54) is 12.1 Å². The number of aromatic nitrogens is 2. The molecule has 0 unspecified atom stereocenters. The first-order chi connectivity index (χ1) is 22.3. The molecule has 0 amide bonds. The molecular weight excluding hydrogens is 595 g/mol. The number of benzene rings is 2. The second kappa shape index (κ2) is 14.1. The number of aryl methyl sites for hydroxylation is 1. The van der Waals surface area contributed by atoms with E-state index >= 15 is 0 Å². The molecule has 9 heteroatoms. The molecule has 3 heterocycles. The highest BCUT2D eigenvalue weighted by atomic mass is 19.1. The Balaban J connectivity index is 1.61. The number of nitrogens with zero attached hydrogens (tertiary/aromatic N) is 3. The Morgan fingerprint density at radius 2 is 1.74 bits per heavy atom. The minimum Gasteiger partial charge on any atom is -0.493 e. The normalized spacial score (nSPS) is 15.3. The number of aliphatic carboxylic acids is 1. The molecule has 8 nitrogen and oxygen atoms in total. The highest BCUT2D eigenvalue weighted by Gasteiger charge is 2.37. The van der Waals surface area contributed by atoms with E-state index in [2.05, 4.69) is 29.0 Å². The summed E-state index contributed by atoms with van der Waals surface area (Å²) in [6.07, 6.45) is 4.78. The van der Waals surface area contributed by atoms with E-state index in [1.54, 1.807) is 24.5 Å². The van der Waals surface area contributed by atoms with Crippen molar-refractivity contribution >= 4 is 23.2 Å². The number of anilines is 3. The van der Waals surface area contributed by atoms with Crippen LogP contribution in [0.3, 0.4) is 0 Å². The minimum absolute atomic E-state index is 0.177. The Morgan fingerprint density at radius 3 is 2.34 bits per heavy atom. The molecule has 2 N–H and O–H groups in total. The molecule has 0 aliphatic carbocycles. The number of pyridine rings is 2. The van der Waals surface area contributed by atoms with Crippen LogP contribution in [-0.2, 0) is 16.0 Å². The Labute approximate surface area is 277 Å². The summed E-state index contributed by atoms with van der Waals surface area (Å²) in [5.74, 6) is -0.0291. The molecule has 0 spiro atoms. The first-order valence-corrected chi connectivity index (χ1v) is 16.1. The topological polar surface area (TPSA) is 96.8 Å². The van der Waals surface area contributed by atoms with Crippen LogP contribution in [0, 0.1) is 18.2 Å². The molecule has 2 aromatic heterocycles. The molecule has 47 heavy (non-hydrogen) atoms. The quantitative estimate of drug-likeness (QED) is 0.168. The Kier molecular flexibility index (Phi) is 10.2. The van der Waals surface area contributed by atoms with Crippen LogP contribution in [0.1, 0.15) is 70.4 Å². The number of hydrogen-bond donors (Lipinski definition) is 2. The lowest BCUT2D eigenvalue weighted by Gasteiger charge is -2.41. The molecule has 1 aliphatic heterocycles. The number of ether oxygens (including phenoxy) is 2. The van der Waals surface area contributed by atoms with Gasteiger partial charge in [0.1, 0.15) is 17.4 Å². The van der Waals surface area contributed by atoms with Crippen LogP contribution in [0.2, 0.25) is 0 Å². The van der Waals surface area contributed by atoms with Gasteiger partial charge in [-0.3, -0.25) is 4.98 Å². The van der Waals surface area contributed by atoms with E-state index in [0.717, 1.165) is 54.0 Å². The lowest BCUT2D eigenvalue weighted by molar-refractivity contribution is -0.160. The summed E-state index contributed by atoms with van der Waals surface area (Å²) < 4.78 is 25.6. The third-order valence-electron chi connectivity index (χ3n) is 8.43. The van der Waals surface area contributed by atoms with E-state index in [4.69, 9.17) is 14.5 Å². The van der Waals surface area contributed by atoms with Crippen LogP contribution in [0.5, 0.6) is 5.75 Å². The second-order valence-electron chi connectivity index (χ2n) is 13.9. The lowest BCUT2D eigenvalue weighted by Crippen LogP contribution is -2.39. The Hall–Kier alpha value is -4.50. The zero-order chi connectivity index (χ0) is 33.8. The van der Waals surface area contributed by atoms with Crippen molar-refractivity contribution in [3.8, 4) is 16.9 Å². The summed E-state index contributed by atoms with van der Waals surface area (Å²) >= 11 is 0. The van der Waals surface area contributed by atoms with Crippen LogP contribution in [-0.4, -0.2) is 46.3 Å². The molecular formula is C38H45FN4O4. The van der Waals surface area contributed by atoms with Crippen molar-refractivity contribution in [2.24, 2.45) is 5.41 Å². The fraction of sp³-hybridized carbons (Fsp3) is 0.395. The molecule has 1 atom stereocenters. The van der Waals surface area contributed by atoms with Crippen molar-refractivity contribution in [2.45, 2.75) is 72.5 Å². The summed E-state index contributed by atoms with van der Waals surface area (Å²) in [5, 5.41) is 14.0. The first kappa shape index (κ1) is 33.9. The average Bonchev–Trinajstić information content (AvgIpc) is 3.01. The number of carbonyl (C=O) groups is 1. The van der Waals surface area contributed by atoms with Crippen LogP contribution in [0.4, 0.5) is 21.6 Å². The van der Waals surface area contributed by atoms with Gasteiger partial charge in [-0.15, -0.1) is 0 Å². The van der Waals surface area contributed by atoms with Gasteiger partial charge >= 0.3 is 5.97 Å². The fourth-order valence-electron chi connectivity index (χ4n) is 5.86. The standard InChI is InChI=1S/C38H45FN4O4/c1-25-31(34(36(44)45)47-37(2,3)4)33(43-21-18-38(5,6)19-22-43)32(35(41-25)42-29-8-7-20-40-24-29)27-11-15-30(16-12-27)46-23-17-26-9-13-28(39)14-10-26/h7-16,20,24,34H,17-19,21-23H2,1-6H3,(H,41,42)(H,44,45)/t34-/m0/s1. The molecule has 1 saturated heterocycles. The zero-order valence-electron chi connectivity index (χ0n) is 28.1. The van der Waals surface area contributed by atoms with E-state index in [-0.39, 0.29) is 11.2 Å². The van der Waals surface area contributed by atoms with E-state index in [9.17, 15) is 14.3 Å². The molecule has 0 radical (unpaired) electrons. The van der Waals surface area contributed by atoms with Crippen LogP contribution >= 0.6 is 0 Å². The van der Waals surface area contributed by atoms with Crippen molar-refractivity contribution < 1.29 is 23.8 Å². The van der Waals surface area contributed by atoms with E-state index in [0.29, 0.717) is 35.9 Å². The summed E-state index contributed by atoms with van der Waals surface area (Å²) in [5.41, 5.74) is 4.81. The molecule has 0 saturated carbocycles. The average molecular weight is 641 g/mol. The van der Waals surface area contributed by atoms with Gasteiger partial charge < -0.3 is 24.8 Å². The van der Waals surface area contributed by atoms with Crippen molar-refractivity contribution in [1.29, 1.82) is 0 Å². The van der Waals surface area contributed by atoms with E-state index < -0.39 is 17.7 Å². The molecule has 1 fully saturated rings. The summed E-state index contributed by atoms with van der Waals surface area (Å²) in [6.45, 7) is 14.0. The maximum absolute atomic E-state index is 13.3. The number of nitrogens with one attached hydrogen (secondary N) is 1. The van der Waals surface area contributed by atoms with Crippen molar-refractivity contribution in [2.75, 3.05) is 29.9 Å². The Morgan fingerprint density at radius 1 is 1.06 bits per heavy atom. The van der Waals surface area contributed by atoms with Gasteiger partial charge in [-0.05, 0) is 93.5 Å². The van der Waals surface area contributed by atoms with Crippen molar-refractivity contribution in [3.05, 3.63) is 95.7 Å². The van der Waals surface area contributed by atoms with Crippen LogP contribution in [0.15, 0.2) is 73.1 Å². The lowest BCUT2D eigenvalue weighted by atomic mass is 9.82. The number of hydrogen-bond acceptors (Lipinski definition) is 7. The highest BCUT2D eigenvalue weighted by molar-refractivity contribution is 5.93. The third kappa shape index (κ3) is 8.65. The van der Waals surface area contributed by atoms with Crippen molar-refractivity contribution in [1.82, 2.24) is 9.97 Å². The monoisotopic (exact) mass is 640 g/mol. The number of piperidine rings is 1. The second-order valence-corrected chi connectivity index (χ2v) is 13.9. The maximum Gasteiger partial charge on any atom is 0.337 e. The van der Waals surface area contributed by atoms with Gasteiger partial charge in [-0.2, -0.15) is 0 Å². The van der Waals surface area contributed by atoms with Gasteiger partial charge in [0.15, 0.2) is 6.10 Å². The number of rotatable bonds is 11. The summed E-state index contributed by atoms with van der Waals surface area (Å²) in [6, 6.07) is 18.0. The minimum atomic E-state index is -1.23. The van der Waals surface area contributed by atoms with Gasteiger partial charge in [-0.1, -0.05) is 38.1 Å². The number of halogens is 1. The zero-order valence-corrected chi connectivity index (χ0v) is 28.1. The summed E-state index contributed by atoms with van der Waals surface area (Å²) in [7, 11) is 0. The maximum atomic E-state index is 13.3.